The molecule has 0 N–H and O–H groups in total. The number of benzene rings is 8. The van der Waals surface area contributed by atoms with Crippen molar-refractivity contribution in [1.82, 2.24) is 13.8 Å². The first-order valence-electron chi connectivity index (χ1n) is 18.2. The van der Waals surface area contributed by atoms with Crippen molar-refractivity contribution < 1.29 is 0 Å². The summed E-state index contributed by atoms with van der Waals surface area (Å²) < 4.78 is 4.96. The van der Waals surface area contributed by atoms with E-state index in [2.05, 4.69) is 184 Å². The van der Waals surface area contributed by atoms with Gasteiger partial charge in [-0.2, -0.15) is 0 Å². The molecule has 53 heavy (non-hydrogen) atoms. The quantitative estimate of drug-likeness (QED) is 0.187. The molecule has 0 saturated heterocycles. The van der Waals surface area contributed by atoms with Crippen LogP contribution in [0.25, 0.3) is 98.0 Å². The Morgan fingerprint density at radius 3 is 1.72 bits per heavy atom. The van der Waals surface area contributed by atoms with Crippen molar-refractivity contribution >= 4 is 115 Å². The average Bonchev–Trinajstić information content (AvgIpc) is 3.95. The number of nitrogens with zero attached hydrogens (tertiary/aromatic N) is 4. The molecule has 0 fully saturated rings. The smallest absolute Gasteiger partial charge is 0.146 e. The zero-order valence-corrected chi connectivity index (χ0v) is 28.5. The van der Waals surface area contributed by atoms with E-state index < -0.39 is 0 Å². The third-order valence-corrected chi connectivity index (χ3v) is 11.7. The third-order valence-electron chi connectivity index (χ3n) is 11.7. The van der Waals surface area contributed by atoms with Gasteiger partial charge in [-0.3, -0.25) is 4.40 Å². The van der Waals surface area contributed by atoms with Crippen LogP contribution in [-0.2, 0) is 0 Å². The molecule has 0 unspecified atom stereocenters. The first kappa shape index (κ1) is 27.5. The van der Waals surface area contributed by atoms with E-state index in [0.717, 1.165) is 33.7 Å². The molecule has 0 amide bonds. The fourth-order valence-corrected chi connectivity index (χ4v) is 9.59. The monoisotopic (exact) mass is 672 g/mol. The van der Waals surface area contributed by atoms with Crippen LogP contribution in [0, 0.1) is 0 Å². The van der Waals surface area contributed by atoms with Crippen LogP contribution in [0.15, 0.2) is 170 Å². The molecule has 8 aromatic carbocycles. The Morgan fingerprint density at radius 1 is 0.377 bits per heavy atom. The SMILES string of the molecule is c1ccc(N(c2ccccc2)c2cc3ccccc3c3c4cccc5c6nc7c(cc6n(c23)c54)c2cccc3c4ccc5ccccc5c4n7c23)cc1. The van der Waals surface area contributed by atoms with E-state index in [1.807, 2.05) is 0 Å². The van der Waals surface area contributed by atoms with E-state index in [-0.39, 0.29) is 0 Å². The first-order valence-corrected chi connectivity index (χ1v) is 18.2. The Kier molecular flexibility index (Phi) is 5.08. The Bertz CT molecular complexity index is 3580. The third kappa shape index (κ3) is 3.39. The number of hydrogen-bond acceptors (Lipinski definition) is 2. The van der Waals surface area contributed by atoms with Gasteiger partial charge in [-0.05, 0) is 52.6 Å². The second kappa shape index (κ2) is 9.78. The number of aromatic nitrogens is 3. The van der Waals surface area contributed by atoms with E-state index in [4.69, 9.17) is 4.98 Å². The largest absolute Gasteiger partial charge is 0.308 e. The maximum atomic E-state index is 5.70. The number of anilines is 3. The highest BCUT2D eigenvalue weighted by molar-refractivity contribution is 6.33. The van der Waals surface area contributed by atoms with Gasteiger partial charge < -0.3 is 9.30 Å². The molecular weight excluding hydrogens is 645 g/mol. The second-order valence-electron chi connectivity index (χ2n) is 14.3. The molecule has 0 aliphatic rings. The highest BCUT2D eigenvalue weighted by Crippen LogP contribution is 2.49. The normalized spacial score (nSPS) is 12.5. The van der Waals surface area contributed by atoms with Crippen molar-refractivity contribution in [3.05, 3.63) is 170 Å². The van der Waals surface area contributed by atoms with Crippen LogP contribution >= 0.6 is 0 Å². The number of fused-ring (bicyclic) bond motifs is 16. The molecule has 0 aliphatic carbocycles. The van der Waals surface area contributed by atoms with Gasteiger partial charge in [0.05, 0.1) is 38.8 Å². The van der Waals surface area contributed by atoms with Crippen LogP contribution in [0.2, 0.25) is 0 Å². The predicted octanol–water partition coefficient (Wildman–Crippen LogP) is 13.2. The van der Waals surface area contributed by atoms with Gasteiger partial charge >= 0.3 is 0 Å². The second-order valence-corrected chi connectivity index (χ2v) is 14.3. The summed E-state index contributed by atoms with van der Waals surface area (Å²) >= 11 is 0. The predicted molar refractivity (Wildman–Crippen MR) is 223 cm³/mol. The standard InChI is InChI=1S/C49H28N4/c1-3-15-31(16-4-1)51(32-17-5-2-6-18-32)42-27-30-14-8-9-19-33(30)43-38-23-12-24-39-44-41(52(47(38)39)48(42)43)28-40-36-22-11-21-35-37-26-25-29-13-7-10-20-34(29)45(37)53(46(35)36)49(40)50-44/h1-28H. The molecule has 0 spiro atoms. The summed E-state index contributed by atoms with van der Waals surface area (Å²) in [5, 5.41) is 13.6. The van der Waals surface area contributed by atoms with Crippen molar-refractivity contribution in [3.8, 4) is 0 Å². The van der Waals surface area contributed by atoms with Gasteiger partial charge in [-0.1, -0.05) is 133 Å². The van der Waals surface area contributed by atoms with Gasteiger partial charge in [0, 0.05) is 54.5 Å². The summed E-state index contributed by atoms with van der Waals surface area (Å²) in [6, 6.07) is 61.9. The summed E-state index contributed by atoms with van der Waals surface area (Å²) in [7, 11) is 0. The summed E-state index contributed by atoms with van der Waals surface area (Å²) in [6.07, 6.45) is 0. The Morgan fingerprint density at radius 2 is 0.943 bits per heavy atom. The lowest BCUT2D eigenvalue weighted by molar-refractivity contribution is 1.27. The summed E-state index contributed by atoms with van der Waals surface area (Å²) in [4.78, 5) is 8.12. The fraction of sp³-hybridized carbons (Fsp3) is 0. The lowest BCUT2D eigenvalue weighted by Gasteiger charge is -2.27. The topological polar surface area (TPSA) is 25.0 Å². The fourth-order valence-electron chi connectivity index (χ4n) is 9.59. The molecule has 13 rings (SSSR count). The lowest BCUT2D eigenvalue weighted by Crippen LogP contribution is -2.11. The Hall–Kier alpha value is -7.17. The minimum absolute atomic E-state index is 1.01. The molecule has 0 atom stereocenters. The minimum atomic E-state index is 1.01. The van der Waals surface area contributed by atoms with E-state index in [0.29, 0.717) is 0 Å². The molecule has 4 heteroatoms. The molecule has 13 aromatic rings. The zero-order chi connectivity index (χ0) is 34.4. The summed E-state index contributed by atoms with van der Waals surface area (Å²) in [6.45, 7) is 0. The Labute approximate surface area is 302 Å². The Balaban J connectivity index is 1.26. The summed E-state index contributed by atoms with van der Waals surface area (Å²) in [5.41, 5.74) is 11.4. The molecule has 0 bridgehead atoms. The van der Waals surface area contributed by atoms with Crippen LogP contribution in [0.3, 0.4) is 0 Å². The van der Waals surface area contributed by atoms with Gasteiger partial charge in [0.2, 0.25) is 0 Å². The lowest BCUT2D eigenvalue weighted by atomic mass is 10.0. The van der Waals surface area contributed by atoms with Crippen LogP contribution in [0.4, 0.5) is 17.1 Å². The van der Waals surface area contributed by atoms with E-state index >= 15 is 0 Å². The van der Waals surface area contributed by atoms with Gasteiger partial charge in [0.15, 0.2) is 0 Å². The number of pyridine rings is 1. The van der Waals surface area contributed by atoms with Crippen molar-refractivity contribution in [2.75, 3.05) is 4.90 Å². The van der Waals surface area contributed by atoms with E-state index in [9.17, 15) is 0 Å². The van der Waals surface area contributed by atoms with E-state index in [1.165, 1.54) is 81.3 Å². The summed E-state index contributed by atoms with van der Waals surface area (Å²) in [5.74, 6) is 0. The van der Waals surface area contributed by atoms with Crippen LogP contribution in [0.5, 0.6) is 0 Å². The van der Waals surface area contributed by atoms with E-state index in [1.54, 1.807) is 0 Å². The number of para-hydroxylation sites is 4. The maximum absolute atomic E-state index is 5.70. The number of hydrogen-bond donors (Lipinski definition) is 0. The molecule has 5 aromatic heterocycles. The maximum Gasteiger partial charge on any atom is 0.146 e. The van der Waals surface area contributed by atoms with Crippen molar-refractivity contribution in [3.63, 3.8) is 0 Å². The van der Waals surface area contributed by atoms with Gasteiger partial charge in [0.25, 0.3) is 0 Å². The number of rotatable bonds is 3. The molecule has 244 valence electrons. The highest BCUT2D eigenvalue weighted by Gasteiger charge is 2.27. The van der Waals surface area contributed by atoms with Crippen LogP contribution in [-0.4, -0.2) is 13.8 Å². The van der Waals surface area contributed by atoms with Gasteiger partial charge in [0.1, 0.15) is 5.65 Å². The van der Waals surface area contributed by atoms with Crippen LogP contribution < -0.4 is 4.90 Å². The van der Waals surface area contributed by atoms with Crippen molar-refractivity contribution in [2.45, 2.75) is 0 Å². The molecule has 4 nitrogen and oxygen atoms in total. The minimum Gasteiger partial charge on any atom is -0.308 e. The molecule has 0 aliphatic heterocycles. The van der Waals surface area contributed by atoms with Crippen molar-refractivity contribution in [2.24, 2.45) is 0 Å². The van der Waals surface area contributed by atoms with Crippen LogP contribution in [0.1, 0.15) is 0 Å². The molecular formula is C49H28N4. The molecule has 0 radical (unpaired) electrons. The first-order chi connectivity index (χ1) is 26.3. The zero-order valence-electron chi connectivity index (χ0n) is 28.5. The van der Waals surface area contributed by atoms with Gasteiger partial charge in [-0.25, -0.2) is 4.98 Å². The van der Waals surface area contributed by atoms with Crippen molar-refractivity contribution in [1.29, 1.82) is 0 Å². The molecule has 0 saturated carbocycles. The van der Waals surface area contributed by atoms with Gasteiger partial charge in [-0.15, -0.1) is 0 Å². The molecule has 5 heterocycles. The highest BCUT2D eigenvalue weighted by atomic mass is 15.2. The average molecular weight is 673 g/mol.